The molecule has 0 aliphatic heterocycles. The van der Waals surface area contributed by atoms with Crippen molar-refractivity contribution in [1.82, 2.24) is 5.32 Å². The summed E-state index contributed by atoms with van der Waals surface area (Å²) in [7, 11) is 0. The van der Waals surface area contributed by atoms with Gasteiger partial charge < -0.3 is 9.73 Å². The Morgan fingerprint density at radius 1 is 1.38 bits per heavy atom. The van der Waals surface area contributed by atoms with Crippen LogP contribution in [0.15, 0.2) is 44.8 Å². The van der Waals surface area contributed by atoms with Gasteiger partial charge in [0, 0.05) is 14.7 Å². The number of fused-ring (bicyclic) bond motifs is 1. The van der Waals surface area contributed by atoms with Crippen LogP contribution in [-0.2, 0) is 0 Å². The number of aryl methyl sites for hydroxylation is 1. The molecule has 3 rings (SSSR count). The number of benzene rings is 1. The second kappa shape index (κ2) is 6.34. The van der Waals surface area contributed by atoms with Crippen LogP contribution in [0.25, 0.3) is 10.1 Å². The maximum Gasteiger partial charge on any atom is 0.101 e. The fourth-order valence-electron chi connectivity index (χ4n) is 2.58. The number of furan rings is 1. The molecule has 4 heteroatoms. The standard InChI is InChI=1S/C17H18BrNOS/c1-3-7-19-16(12-8-11(2)20-9-12)14-10-21-17-13(14)5-4-6-15(17)18/h4-6,8-10,16,19H,3,7H2,1-2H3. The molecular formula is C17H18BrNOS. The molecule has 1 aromatic carbocycles. The lowest BCUT2D eigenvalue weighted by atomic mass is 10.00. The molecule has 0 bridgehead atoms. The first-order valence-electron chi connectivity index (χ1n) is 7.14. The largest absolute Gasteiger partial charge is 0.469 e. The zero-order chi connectivity index (χ0) is 14.8. The zero-order valence-corrected chi connectivity index (χ0v) is 14.6. The van der Waals surface area contributed by atoms with Crippen LogP contribution in [0.1, 0.15) is 36.3 Å². The molecule has 1 atom stereocenters. The minimum absolute atomic E-state index is 0.186. The van der Waals surface area contributed by atoms with E-state index in [-0.39, 0.29) is 6.04 Å². The van der Waals surface area contributed by atoms with Crippen LogP contribution in [0.2, 0.25) is 0 Å². The lowest BCUT2D eigenvalue weighted by molar-refractivity contribution is 0.524. The van der Waals surface area contributed by atoms with Crippen LogP contribution in [-0.4, -0.2) is 6.54 Å². The molecule has 2 nitrogen and oxygen atoms in total. The van der Waals surface area contributed by atoms with Gasteiger partial charge in [-0.15, -0.1) is 11.3 Å². The van der Waals surface area contributed by atoms with E-state index in [2.05, 4.69) is 57.8 Å². The number of nitrogens with one attached hydrogen (secondary N) is 1. The highest BCUT2D eigenvalue weighted by Crippen LogP contribution is 2.37. The average molecular weight is 364 g/mol. The van der Waals surface area contributed by atoms with E-state index in [1.54, 1.807) is 11.3 Å². The van der Waals surface area contributed by atoms with E-state index in [9.17, 15) is 0 Å². The Hall–Kier alpha value is -1.10. The molecule has 0 saturated carbocycles. The lowest BCUT2D eigenvalue weighted by Gasteiger charge is -2.17. The first-order valence-corrected chi connectivity index (χ1v) is 8.82. The van der Waals surface area contributed by atoms with Crippen molar-refractivity contribution in [2.45, 2.75) is 26.3 Å². The van der Waals surface area contributed by atoms with Crippen LogP contribution in [0.4, 0.5) is 0 Å². The summed E-state index contributed by atoms with van der Waals surface area (Å²) < 4.78 is 7.98. The Morgan fingerprint density at radius 2 is 2.24 bits per heavy atom. The third-order valence-electron chi connectivity index (χ3n) is 3.58. The molecule has 21 heavy (non-hydrogen) atoms. The van der Waals surface area contributed by atoms with Gasteiger partial charge in [0.15, 0.2) is 0 Å². The fourth-order valence-corrected chi connectivity index (χ4v) is 4.22. The molecule has 1 unspecified atom stereocenters. The van der Waals surface area contributed by atoms with Crippen molar-refractivity contribution in [2.75, 3.05) is 6.54 Å². The first kappa shape index (κ1) is 14.8. The average Bonchev–Trinajstić information content (AvgIpc) is 3.08. The predicted octanol–water partition coefficient (Wildman–Crippen LogP) is 5.65. The van der Waals surface area contributed by atoms with Gasteiger partial charge in [0.05, 0.1) is 12.3 Å². The highest BCUT2D eigenvalue weighted by Gasteiger charge is 2.19. The molecule has 0 spiro atoms. The van der Waals surface area contributed by atoms with Crippen LogP contribution in [0.5, 0.6) is 0 Å². The maximum absolute atomic E-state index is 5.51. The highest BCUT2D eigenvalue weighted by atomic mass is 79.9. The van der Waals surface area contributed by atoms with Crippen LogP contribution >= 0.6 is 27.3 Å². The van der Waals surface area contributed by atoms with Crippen molar-refractivity contribution in [2.24, 2.45) is 0 Å². The van der Waals surface area contributed by atoms with Crippen molar-refractivity contribution in [3.05, 3.63) is 57.3 Å². The Bertz CT molecular complexity index is 746. The summed E-state index contributed by atoms with van der Waals surface area (Å²) in [5.41, 5.74) is 2.52. The Kier molecular flexibility index (Phi) is 4.48. The molecule has 0 aliphatic carbocycles. The van der Waals surface area contributed by atoms with Gasteiger partial charge in [-0.1, -0.05) is 19.1 Å². The van der Waals surface area contributed by atoms with Gasteiger partial charge in [-0.2, -0.15) is 0 Å². The van der Waals surface area contributed by atoms with Crippen molar-refractivity contribution >= 4 is 37.4 Å². The molecule has 0 radical (unpaired) electrons. The van der Waals surface area contributed by atoms with Crippen molar-refractivity contribution < 1.29 is 4.42 Å². The van der Waals surface area contributed by atoms with Crippen LogP contribution < -0.4 is 5.32 Å². The molecule has 0 amide bonds. The van der Waals surface area contributed by atoms with Crippen LogP contribution in [0, 0.1) is 6.92 Å². The summed E-state index contributed by atoms with van der Waals surface area (Å²) in [5, 5.41) is 7.21. The van der Waals surface area contributed by atoms with E-state index in [1.807, 2.05) is 13.2 Å². The minimum Gasteiger partial charge on any atom is -0.469 e. The minimum atomic E-state index is 0.186. The summed E-state index contributed by atoms with van der Waals surface area (Å²) >= 11 is 5.43. The molecule has 2 heterocycles. The first-order chi connectivity index (χ1) is 10.2. The Morgan fingerprint density at radius 3 is 2.95 bits per heavy atom. The second-order valence-corrected chi connectivity index (χ2v) is 6.92. The molecule has 0 saturated heterocycles. The van der Waals surface area contributed by atoms with Crippen molar-refractivity contribution in [1.29, 1.82) is 0 Å². The molecule has 3 aromatic rings. The van der Waals surface area contributed by atoms with Gasteiger partial charge in [0.1, 0.15) is 5.76 Å². The smallest absolute Gasteiger partial charge is 0.101 e. The van der Waals surface area contributed by atoms with Gasteiger partial charge in [-0.05, 0) is 64.3 Å². The zero-order valence-electron chi connectivity index (χ0n) is 12.2. The summed E-state index contributed by atoms with van der Waals surface area (Å²) in [6, 6.07) is 8.69. The van der Waals surface area contributed by atoms with Crippen LogP contribution in [0.3, 0.4) is 0 Å². The van der Waals surface area contributed by atoms with Gasteiger partial charge >= 0.3 is 0 Å². The van der Waals surface area contributed by atoms with E-state index >= 15 is 0 Å². The number of thiophene rings is 1. The normalized spacial score (nSPS) is 12.9. The molecule has 0 fully saturated rings. The molecule has 0 aliphatic rings. The SMILES string of the molecule is CCCNC(c1coc(C)c1)c1csc2c(Br)cccc12. The van der Waals surface area contributed by atoms with E-state index < -0.39 is 0 Å². The number of hydrogen-bond donors (Lipinski definition) is 1. The van der Waals surface area contributed by atoms with E-state index in [4.69, 9.17) is 4.42 Å². The number of hydrogen-bond acceptors (Lipinski definition) is 3. The summed E-state index contributed by atoms with van der Waals surface area (Å²) in [6.07, 6.45) is 2.98. The third-order valence-corrected chi connectivity index (χ3v) is 5.55. The molecule has 110 valence electrons. The Labute approximate surface area is 137 Å². The summed E-state index contributed by atoms with van der Waals surface area (Å²) in [6.45, 7) is 5.16. The summed E-state index contributed by atoms with van der Waals surface area (Å²) in [4.78, 5) is 0. The quantitative estimate of drug-likeness (QED) is 0.632. The maximum atomic E-state index is 5.51. The molecule has 2 aromatic heterocycles. The van der Waals surface area contributed by atoms with E-state index in [1.165, 1.54) is 21.2 Å². The number of halogens is 1. The fraction of sp³-hybridized carbons (Fsp3) is 0.294. The summed E-state index contributed by atoms with van der Waals surface area (Å²) in [5.74, 6) is 0.953. The van der Waals surface area contributed by atoms with Crippen molar-refractivity contribution in [3.8, 4) is 0 Å². The highest BCUT2D eigenvalue weighted by molar-refractivity contribution is 9.10. The van der Waals surface area contributed by atoms with E-state index in [0.717, 1.165) is 23.2 Å². The van der Waals surface area contributed by atoms with Gasteiger partial charge in [0.25, 0.3) is 0 Å². The van der Waals surface area contributed by atoms with Gasteiger partial charge in [0.2, 0.25) is 0 Å². The van der Waals surface area contributed by atoms with E-state index in [0.29, 0.717) is 0 Å². The topological polar surface area (TPSA) is 25.2 Å². The predicted molar refractivity (Wildman–Crippen MR) is 93.1 cm³/mol. The second-order valence-electron chi connectivity index (χ2n) is 5.19. The molecular weight excluding hydrogens is 346 g/mol. The lowest BCUT2D eigenvalue weighted by Crippen LogP contribution is -2.22. The molecule has 1 N–H and O–H groups in total. The van der Waals surface area contributed by atoms with Crippen molar-refractivity contribution in [3.63, 3.8) is 0 Å². The number of rotatable bonds is 5. The third kappa shape index (κ3) is 2.93. The monoisotopic (exact) mass is 363 g/mol. The van der Waals surface area contributed by atoms with Gasteiger partial charge in [-0.3, -0.25) is 0 Å². The Balaban J connectivity index is 2.08. The van der Waals surface area contributed by atoms with Gasteiger partial charge in [-0.25, -0.2) is 0 Å².